The van der Waals surface area contributed by atoms with Crippen LogP contribution in [0.1, 0.15) is 20.8 Å². The van der Waals surface area contributed by atoms with Crippen molar-refractivity contribution in [1.29, 1.82) is 0 Å². The lowest BCUT2D eigenvalue weighted by Gasteiger charge is -2.34. The monoisotopic (exact) mass is 202 g/mol. The molecule has 4 heteroatoms. The molecule has 1 atom stereocenters. The van der Waals surface area contributed by atoms with Crippen molar-refractivity contribution in [3.63, 3.8) is 0 Å². The van der Waals surface area contributed by atoms with Crippen molar-refractivity contribution >= 4 is 11.8 Å². The highest BCUT2D eigenvalue weighted by atomic mass is 16.6. The van der Waals surface area contributed by atoms with Crippen molar-refractivity contribution in [2.45, 2.75) is 26.4 Å². The molecule has 0 spiro atoms. The van der Waals surface area contributed by atoms with Crippen LogP contribution < -0.4 is 0 Å². The number of Topliss-reactive ketones (excluding diaryl/α,β-unsaturated/α-hetero) is 1. The number of ether oxygens (including phenoxy) is 1. The van der Waals surface area contributed by atoms with Crippen LogP contribution in [0.3, 0.4) is 0 Å². The SMILES string of the molecule is CC(=O)OC(C)(C[N+](C)(C)C)C(C)=O. The summed E-state index contributed by atoms with van der Waals surface area (Å²) in [5.74, 6) is -0.545. The Hall–Kier alpha value is -0.900. The highest BCUT2D eigenvalue weighted by Crippen LogP contribution is 2.15. The Morgan fingerprint density at radius 1 is 1.21 bits per heavy atom. The third-order valence-corrected chi connectivity index (χ3v) is 1.89. The Morgan fingerprint density at radius 3 is 1.86 bits per heavy atom. The second kappa shape index (κ2) is 4.09. The molecule has 1 unspecified atom stereocenters. The molecule has 0 N–H and O–H groups in total. The molecule has 0 saturated heterocycles. The van der Waals surface area contributed by atoms with Gasteiger partial charge in [-0.25, -0.2) is 0 Å². The van der Waals surface area contributed by atoms with Crippen LogP contribution in [0, 0.1) is 0 Å². The van der Waals surface area contributed by atoms with E-state index in [1.54, 1.807) is 6.92 Å². The van der Waals surface area contributed by atoms with Gasteiger partial charge in [-0.15, -0.1) is 0 Å². The molecule has 0 aliphatic carbocycles. The molecule has 0 fully saturated rings. The van der Waals surface area contributed by atoms with Crippen LogP contribution >= 0.6 is 0 Å². The molecule has 14 heavy (non-hydrogen) atoms. The van der Waals surface area contributed by atoms with Gasteiger partial charge in [0.2, 0.25) is 5.60 Å². The van der Waals surface area contributed by atoms with Crippen molar-refractivity contribution in [1.82, 2.24) is 0 Å². The maximum absolute atomic E-state index is 11.4. The van der Waals surface area contributed by atoms with Gasteiger partial charge in [0.25, 0.3) is 0 Å². The Labute approximate surface area is 85.4 Å². The maximum atomic E-state index is 11.4. The first-order valence-corrected chi connectivity index (χ1v) is 4.58. The number of carbonyl (C=O) groups excluding carboxylic acids is 2. The van der Waals surface area contributed by atoms with Gasteiger partial charge in [0, 0.05) is 6.92 Å². The van der Waals surface area contributed by atoms with E-state index in [9.17, 15) is 9.59 Å². The minimum atomic E-state index is -1.01. The number of likely N-dealkylation sites (N-methyl/N-ethyl adjacent to an activating group) is 1. The summed E-state index contributed by atoms with van der Waals surface area (Å²) in [6, 6.07) is 0. The molecule has 4 nitrogen and oxygen atoms in total. The Kier molecular flexibility index (Phi) is 3.82. The Bertz CT molecular complexity index is 242. The summed E-state index contributed by atoms with van der Waals surface area (Å²) in [7, 11) is 5.85. The maximum Gasteiger partial charge on any atom is 0.303 e. The van der Waals surface area contributed by atoms with Crippen molar-refractivity contribution < 1.29 is 18.8 Å². The van der Waals surface area contributed by atoms with Crippen LogP contribution in [0.5, 0.6) is 0 Å². The molecule has 0 rings (SSSR count). The van der Waals surface area contributed by atoms with E-state index >= 15 is 0 Å². The van der Waals surface area contributed by atoms with Gasteiger partial charge in [-0.2, -0.15) is 0 Å². The van der Waals surface area contributed by atoms with Crippen LogP contribution in [0.15, 0.2) is 0 Å². The fourth-order valence-electron chi connectivity index (χ4n) is 1.44. The van der Waals surface area contributed by atoms with Gasteiger partial charge in [0.1, 0.15) is 6.54 Å². The number of hydrogen-bond acceptors (Lipinski definition) is 3. The van der Waals surface area contributed by atoms with E-state index in [2.05, 4.69) is 0 Å². The molecule has 0 amide bonds. The first kappa shape index (κ1) is 13.1. The van der Waals surface area contributed by atoms with E-state index in [4.69, 9.17) is 4.74 Å². The second-order valence-electron chi connectivity index (χ2n) is 4.83. The first-order valence-electron chi connectivity index (χ1n) is 4.58. The predicted octanol–water partition coefficient (Wildman–Crippen LogP) is 0.603. The van der Waals surface area contributed by atoms with E-state index in [1.807, 2.05) is 21.1 Å². The minimum Gasteiger partial charge on any atom is -0.445 e. The second-order valence-corrected chi connectivity index (χ2v) is 4.83. The van der Waals surface area contributed by atoms with Crippen LogP contribution in [0.4, 0.5) is 0 Å². The quantitative estimate of drug-likeness (QED) is 0.495. The average Bonchev–Trinajstić information content (AvgIpc) is 1.79. The molecule has 0 aliphatic heterocycles. The largest absolute Gasteiger partial charge is 0.445 e. The van der Waals surface area contributed by atoms with E-state index in [-0.39, 0.29) is 5.78 Å². The fourth-order valence-corrected chi connectivity index (χ4v) is 1.44. The topological polar surface area (TPSA) is 43.4 Å². The number of ketones is 1. The van der Waals surface area contributed by atoms with Crippen molar-refractivity contribution in [3.8, 4) is 0 Å². The van der Waals surface area contributed by atoms with E-state index < -0.39 is 11.6 Å². The van der Waals surface area contributed by atoms with Gasteiger partial charge < -0.3 is 9.22 Å². The molecular weight excluding hydrogens is 182 g/mol. The van der Waals surface area contributed by atoms with Crippen molar-refractivity contribution in [2.75, 3.05) is 27.7 Å². The number of quaternary nitrogens is 1. The number of nitrogens with zero attached hydrogens (tertiary/aromatic N) is 1. The number of carbonyl (C=O) groups is 2. The number of rotatable bonds is 4. The number of hydrogen-bond donors (Lipinski definition) is 0. The molecule has 0 aliphatic rings. The highest BCUT2D eigenvalue weighted by Gasteiger charge is 2.38. The van der Waals surface area contributed by atoms with E-state index in [1.165, 1.54) is 13.8 Å². The van der Waals surface area contributed by atoms with Crippen LogP contribution in [-0.4, -0.2) is 49.5 Å². The zero-order valence-corrected chi connectivity index (χ0v) is 9.88. The smallest absolute Gasteiger partial charge is 0.303 e. The summed E-state index contributed by atoms with van der Waals surface area (Å²) < 4.78 is 5.64. The average molecular weight is 202 g/mol. The van der Waals surface area contributed by atoms with Gasteiger partial charge in [-0.3, -0.25) is 9.59 Å². The number of esters is 1. The molecule has 0 bridgehead atoms. The third kappa shape index (κ3) is 4.37. The molecule has 0 heterocycles. The summed E-state index contributed by atoms with van der Waals surface area (Å²) in [5, 5.41) is 0. The van der Waals surface area contributed by atoms with Crippen LogP contribution in [-0.2, 0) is 14.3 Å². The van der Waals surface area contributed by atoms with Gasteiger partial charge in [0.05, 0.1) is 21.1 Å². The zero-order valence-electron chi connectivity index (χ0n) is 9.88. The van der Waals surface area contributed by atoms with Gasteiger partial charge in [-0.1, -0.05) is 0 Å². The molecule has 0 aromatic rings. The Morgan fingerprint density at radius 2 is 1.64 bits per heavy atom. The molecule has 0 saturated carbocycles. The lowest BCUT2D eigenvalue weighted by molar-refractivity contribution is -0.875. The lowest BCUT2D eigenvalue weighted by Crippen LogP contribution is -2.53. The van der Waals surface area contributed by atoms with Crippen LogP contribution in [0.25, 0.3) is 0 Å². The minimum absolute atomic E-state index is 0.124. The molecule has 0 aromatic carbocycles. The summed E-state index contributed by atoms with van der Waals surface area (Å²) in [5.41, 5.74) is -1.01. The fraction of sp³-hybridized carbons (Fsp3) is 0.800. The summed E-state index contributed by atoms with van der Waals surface area (Å²) in [4.78, 5) is 22.3. The highest BCUT2D eigenvalue weighted by molar-refractivity contribution is 5.87. The molecule has 0 aromatic heterocycles. The van der Waals surface area contributed by atoms with Gasteiger partial charge >= 0.3 is 5.97 Å². The molecule has 0 radical (unpaired) electrons. The van der Waals surface area contributed by atoms with E-state index in [0.29, 0.717) is 11.0 Å². The van der Waals surface area contributed by atoms with Crippen molar-refractivity contribution in [2.24, 2.45) is 0 Å². The predicted molar refractivity (Wildman–Crippen MR) is 53.8 cm³/mol. The normalized spacial score (nSPS) is 15.9. The van der Waals surface area contributed by atoms with E-state index in [0.717, 1.165) is 0 Å². The van der Waals surface area contributed by atoms with Crippen LogP contribution in [0.2, 0.25) is 0 Å². The summed E-state index contributed by atoms with van der Waals surface area (Å²) in [6.07, 6.45) is 0. The summed E-state index contributed by atoms with van der Waals surface area (Å²) in [6.45, 7) is 4.89. The first-order chi connectivity index (χ1) is 6.07. The zero-order chi connectivity index (χ0) is 11.6. The molecule has 82 valence electrons. The Balaban J connectivity index is 4.73. The third-order valence-electron chi connectivity index (χ3n) is 1.89. The van der Waals surface area contributed by atoms with Gasteiger partial charge in [-0.05, 0) is 13.8 Å². The van der Waals surface area contributed by atoms with Gasteiger partial charge in [0.15, 0.2) is 5.78 Å². The lowest BCUT2D eigenvalue weighted by atomic mass is 10.0. The summed E-state index contributed by atoms with van der Waals surface area (Å²) >= 11 is 0. The molecular formula is C10H20NO3+. The standard InChI is InChI=1S/C10H20NO3/c1-8(12)10(3,14-9(2)13)7-11(4,5)6/h7H2,1-6H3/q+1. The van der Waals surface area contributed by atoms with Crippen molar-refractivity contribution in [3.05, 3.63) is 0 Å².